The van der Waals surface area contributed by atoms with Crippen LogP contribution >= 0.6 is 0 Å². The summed E-state index contributed by atoms with van der Waals surface area (Å²) in [5.74, 6) is -0.0210. The lowest BCUT2D eigenvalue weighted by atomic mass is 10.1. The van der Waals surface area contributed by atoms with E-state index in [1.54, 1.807) is 4.90 Å². The predicted molar refractivity (Wildman–Crippen MR) is 82.7 cm³/mol. The fourth-order valence-corrected chi connectivity index (χ4v) is 2.47. The van der Waals surface area contributed by atoms with Crippen molar-refractivity contribution in [3.63, 3.8) is 0 Å². The maximum Gasteiger partial charge on any atom is 0.251 e. The molecule has 22 heavy (non-hydrogen) atoms. The standard InChI is InChI=1S/C16H27N3O3/c1-13(2)7-11-18(10-5-8-17)15(21)12-19-9-4-3-6-14(20)16(19)22/h13-14,20H,3-7,9-12H2,1-2H3. The van der Waals surface area contributed by atoms with Crippen molar-refractivity contribution in [3.8, 4) is 6.07 Å². The van der Waals surface area contributed by atoms with Crippen LogP contribution in [0.3, 0.4) is 0 Å². The number of likely N-dealkylation sites (tertiary alicyclic amines) is 1. The van der Waals surface area contributed by atoms with Crippen LogP contribution in [0.15, 0.2) is 0 Å². The molecule has 0 saturated carbocycles. The van der Waals surface area contributed by atoms with Crippen LogP contribution < -0.4 is 0 Å². The van der Waals surface area contributed by atoms with E-state index in [-0.39, 0.29) is 18.4 Å². The van der Waals surface area contributed by atoms with Crippen LogP contribution in [0.4, 0.5) is 0 Å². The molecule has 0 aromatic rings. The van der Waals surface area contributed by atoms with Gasteiger partial charge in [0.05, 0.1) is 19.0 Å². The molecule has 6 heteroatoms. The van der Waals surface area contributed by atoms with Crippen LogP contribution in [-0.4, -0.2) is 59.0 Å². The Kier molecular flexibility index (Phi) is 7.89. The maximum absolute atomic E-state index is 12.4. The number of carbonyl (C=O) groups excluding carboxylic acids is 2. The zero-order chi connectivity index (χ0) is 16.5. The van der Waals surface area contributed by atoms with E-state index < -0.39 is 6.10 Å². The van der Waals surface area contributed by atoms with Crippen molar-refractivity contribution in [2.24, 2.45) is 5.92 Å². The molecule has 1 fully saturated rings. The van der Waals surface area contributed by atoms with Crippen molar-refractivity contribution >= 4 is 11.8 Å². The Morgan fingerprint density at radius 3 is 2.82 bits per heavy atom. The van der Waals surface area contributed by atoms with Crippen molar-refractivity contribution in [2.75, 3.05) is 26.2 Å². The highest BCUT2D eigenvalue weighted by molar-refractivity contribution is 5.87. The molecule has 0 bridgehead atoms. The van der Waals surface area contributed by atoms with Gasteiger partial charge in [0.1, 0.15) is 6.10 Å². The summed E-state index contributed by atoms with van der Waals surface area (Å²) in [5.41, 5.74) is 0. The molecule has 2 amide bonds. The lowest BCUT2D eigenvalue weighted by Crippen LogP contribution is -2.46. The van der Waals surface area contributed by atoms with Gasteiger partial charge in [0, 0.05) is 19.6 Å². The molecule has 0 spiro atoms. The van der Waals surface area contributed by atoms with E-state index >= 15 is 0 Å². The minimum atomic E-state index is -0.987. The average molecular weight is 309 g/mol. The molecule has 1 aliphatic rings. The van der Waals surface area contributed by atoms with Crippen molar-refractivity contribution in [2.45, 2.75) is 52.1 Å². The molecule has 1 heterocycles. The molecule has 1 saturated heterocycles. The lowest BCUT2D eigenvalue weighted by molar-refractivity contribution is -0.145. The van der Waals surface area contributed by atoms with Crippen molar-refractivity contribution < 1.29 is 14.7 Å². The Bertz CT molecular complexity index is 417. The summed E-state index contributed by atoms with van der Waals surface area (Å²) < 4.78 is 0. The van der Waals surface area contributed by atoms with Gasteiger partial charge in [-0.25, -0.2) is 0 Å². The fourth-order valence-electron chi connectivity index (χ4n) is 2.47. The molecule has 6 nitrogen and oxygen atoms in total. The lowest BCUT2D eigenvalue weighted by Gasteiger charge is -2.27. The first-order valence-corrected chi connectivity index (χ1v) is 8.07. The van der Waals surface area contributed by atoms with Crippen LogP contribution in [0.1, 0.15) is 46.0 Å². The minimum absolute atomic E-state index is 0.000578. The molecular weight excluding hydrogens is 282 g/mol. The van der Waals surface area contributed by atoms with E-state index in [9.17, 15) is 14.7 Å². The predicted octanol–water partition coefficient (Wildman–Crippen LogP) is 1.15. The summed E-state index contributed by atoms with van der Waals surface area (Å²) in [7, 11) is 0. The number of amides is 2. The SMILES string of the molecule is CC(C)CCN(CCC#N)C(=O)CN1CCCCC(O)C1=O. The van der Waals surface area contributed by atoms with Crippen LogP contribution in [0.2, 0.25) is 0 Å². The van der Waals surface area contributed by atoms with E-state index in [0.29, 0.717) is 38.4 Å². The first kappa shape index (κ1) is 18.4. The Morgan fingerprint density at radius 1 is 1.45 bits per heavy atom. The number of rotatable bonds is 7. The molecule has 124 valence electrons. The highest BCUT2D eigenvalue weighted by Crippen LogP contribution is 2.13. The monoisotopic (exact) mass is 309 g/mol. The van der Waals surface area contributed by atoms with E-state index in [2.05, 4.69) is 19.9 Å². The van der Waals surface area contributed by atoms with Gasteiger partial charge in [-0.1, -0.05) is 13.8 Å². The maximum atomic E-state index is 12.4. The van der Waals surface area contributed by atoms with Crippen molar-refractivity contribution in [1.29, 1.82) is 5.26 Å². The van der Waals surface area contributed by atoms with Crippen molar-refractivity contribution in [1.82, 2.24) is 9.80 Å². The summed E-state index contributed by atoms with van der Waals surface area (Å²) in [4.78, 5) is 27.6. The van der Waals surface area contributed by atoms with Crippen LogP contribution in [0.5, 0.6) is 0 Å². The van der Waals surface area contributed by atoms with Crippen LogP contribution in [0, 0.1) is 17.2 Å². The van der Waals surface area contributed by atoms with Gasteiger partial charge < -0.3 is 14.9 Å². The number of hydrogen-bond acceptors (Lipinski definition) is 4. The van der Waals surface area contributed by atoms with Gasteiger partial charge in [0.25, 0.3) is 5.91 Å². The largest absolute Gasteiger partial charge is 0.383 e. The Balaban J connectivity index is 2.63. The highest BCUT2D eigenvalue weighted by atomic mass is 16.3. The summed E-state index contributed by atoms with van der Waals surface area (Å²) in [6.45, 7) is 5.68. The van der Waals surface area contributed by atoms with Gasteiger partial charge in [0.2, 0.25) is 5.91 Å². The normalized spacial score (nSPS) is 19.0. The second-order valence-electron chi connectivity index (χ2n) is 6.24. The van der Waals surface area contributed by atoms with Crippen LogP contribution in [0.25, 0.3) is 0 Å². The third kappa shape index (κ3) is 6.02. The second-order valence-corrected chi connectivity index (χ2v) is 6.24. The molecule has 1 atom stereocenters. The molecule has 1 N–H and O–H groups in total. The zero-order valence-electron chi connectivity index (χ0n) is 13.6. The van der Waals surface area contributed by atoms with E-state index in [1.165, 1.54) is 4.90 Å². The number of aliphatic hydroxyl groups is 1. The minimum Gasteiger partial charge on any atom is -0.383 e. The Labute approximate surface area is 132 Å². The molecule has 0 radical (unpaired) electrons. The highest BCUT2D eigenvalue weighted by Gasteiger charge is 2.27. The topological polar surface area (TPSA) is 84.6 Å². The summed E-state index contributed by atoms with van der Waals surface area (Å²) in [6, 6.07) is 2.06. The summed E-state index contributed by atoms with van der Waals surface area (Å²) >= 11 is 0. The van der Waals surface area contributed by atoms with E-state index in [4.69, 9.17) is 5.26 Å². The van der Waals surface area contributed by atoms with Gasteiger partial charge in [-0.15, -0.1) is 0 Å². The molecule has 1 rings (SSSR count). The molecule has 0 aromatic carbocycles. The average Bonchev–Trinajstić information content (AvgIpc) is 2.62. The molecule has 0 aromatic heterocycles. The number of aliphatic hydroxyl groups excluding tert-OH is 1. The third-order valence-corrected chi connectivity index (χ3v) is 3.90. The third-order valence-electron chi connectivity index (χ3n) is 3.90. The first-order valence-electron chi connectivity index (χ1n) is 8.07. The summed E-state index contributed by atoms with van der Waals surface area (Å²) in [5, 5.41) is 18.5. The molecular formula is C16H27N3O3. The van der Waals surface area contributed by atoms with Gasteiger partial charge in [-0.3, -0.25) is 9.59 Å². The number of nitrogens with zero attached hydrogens (tertiary/aromatic N) is 3. The Morgan fingerprint density at radius 2 is 2.18 bits per heavy atom. The fraction of sp³-hybridized carbons (Fsp3) is 0.812. The van der Waals surface area contributed by atoms with Crippen molar-refractivity contribution in [3.05, 3.63) is 0 Å². The quantitative estimate of drug-likeness (QED) is 0.764. The van der Waals surface area contributed by atoms with E-state index in [1.807, 2.05) is 0 Å². The first-order chi connectivity index (χ1) is 10.5. The van der Waals surface area contributed by atoms with E-state index in [0.717, 1.165) is 19.3 Å². The van der Waals surface area contributed by atoms with Crippen LogP contribution in [-0.2, 0) is 9.59 Å². The second kappa shape index (κ2) is 9.42. The number of hydrogen-bond donors (Lipinski definition) is 1. The number of nitriles is 1. The van der Waals surface area contributed by atoms with Gasteiger partial charge >= 0.3 is 0 Å². The van der Waals surface area contributed by atoms with Gasteiger partial charge in [-0.05, 0) is 31.6 Å². The number of carbonyl (C=O) groups is 2. The molecule has 0 aliphatic carbocycles. The molecule has 1 aliphatic heterocycles. The van der Waals surface area contributed by atoms with Gasteiger partial charge in [0.15, 0.2) is 0 Å². The Hall–Kier alpha value is -1.61. The smallest absolute Gasteiger partial charge is 0.251 e. The summed E-state index contributed by atoms with van der Waals surface area (Å²) in [6.07, 6.45) is 2.24. The van der Waals surface area contributed by atoms with Gasteiger partial charge in [-0.2, -0.15) is 5.26 Å². The molecule has 1 unspecified atom stereocenters. The zero-order valence-corrected chi connectivity index (χ0v) is 13.6.